The van der Waals surface area contributed by atoms with E-state index in [9.17, 15) is 14.7 Å². The molecule has 0 radical (unpaired) electrons. The number of hydrogen-bond donors (Lipinski definition) is 2. The summed E-state index contributed by atoms with van der Waals surface area (Å²) in [5, 5.41) is 22.5. The topological polar surface area (TPSA) is 127 Å². The second-order valence-electron chi connectivity index (χ2n) is 4.61. The van der Waals surface area contributed by atoms with Gasteiger partial charge < -0.3 is 15.7 Å². The van der Waals surface area contributed by atoms with Gasteiger partial charge in [-0.3, -0.25) is 4.79 Å². The predicted octanol–water partition coefficient (Wildman–Crippen LogP) is -1.12. The molecule has 1 aromatic heterocycles. The molecule has 3 rings (SSSR count). The van der Waals surface area contributed by atoms with Crippen molar-refractivity contribution in [2.24, 2.45) is 12.8 Å². The number of β-lactam (4-membered cyclic amide) rings is 1. The summed E-state index contributed by atoms with van der Waals surface area (Å²) in [6.45, 7) is 0. The molecule has 2 aliphatic heterocycles. The van der Waals surface area contributed by atoms with Crippen molar-refractivity contribution in [2.45, 2.75) is 22.6 Å². The Morgan fingerprint density at radius 1 is 1.62 bits per heavy atom. The van der Waals surface area contributed by atoms with Gasteiger partial charge in [-0.25, -0.2) is 9.48 Å². The monoisotopic (exact) mass is 328 g/mol. The highest BCUT2D eigenvalue weighted by Crippen LogP contribution is 2.40. The molecule has 1 aromatic rings. The second-order valence-corrected chi connectivity index (χ2v) is 6.54. The number of amides is 1. The van der Waals surface area contributed by atoms with E-state index < -0.39 is 18.1 Å². The van der Waals surface area contributed by atoms with Gasteiger partial charge in [0.1, 0.15) is 11.4 Å². The van der Waals surface area contributed by atoms with Gasteiger partial charge >= 0.3 is 5.97 Å². The number of aromatic nitrogens is 4. The summed E-state index contributed by atoms with van der Waals surface area (Å²) < 4.78 is 1.50. The zero-order valence-electron chi connectivity index (χ0n) is 10.9. The van der Waals surface area contributed by atoms with Crippen molar-refractivity contribution >= 4 is 35.4 Å². The number of aliphatic carboxylic acids is 1. The van der Waals surface area contributed by atoms with E-state index in [4.69, 9.17) is 5.73 Å². The molecule has 0 saturated carbocycles. The molecule has 0 bridgehead atoms. The fourth-order valence-electron chi connectivity index (χ4n) is 2.22. The van der Waals surface area contributed by atoms with Crippen LogP contribution in [0.1, 0.15) is 0 Å². The van der Waals surface area contributed by atoms with Crippen molar-refractivity contribution in [2.75, 3.05) is 5.75 Å². The number of carboxylic acids is 1. The number of carbonyl (C=O) groups is 2. The Morgan fingerprint density at radius 3 is 3.00 bits per heavy atom. The maximum Gasteiger partial charge on any atom is 0.330 e. The molecular formula is C10H12N6O3S2. The Kier molecular flexibility index (Phi) is 3.63. The number of rotatable bonds is 4. The highest BCUT2D eigenvalue weighted by atomic mass is 32.2. The average molecular weight is 328 g/mol. The van der Waals surface area contributed by atoms with Crippen LogP contribution >= 0.6 is 23.5 Å². The lowest BCUT2D eigenvalue weighted by atomic mass is 10.00. The summed E-state index contributed by atoms with van der Waals surface area (Å²) in [5.74, 6) is -0.983. The van der Waals surface area contributed by atoms with Crippen molar-refractivity contribution in [1.82, 2.24) is 25.1 Å². The highest BCUT2D eigenvalue weighted by Gasteiger charge is 2.53. The second kappa shape index (κ2) is 5.31. The Bertz CT molecular complexity index is 632. The van der Waals surface area contributed by atoms with Crippen molar-refractivity contribution in [3.8, 4) is 0 Å². The van der Waals surface area contributed by atoms with Gasteiger partial charge in [0.25, 0.3) is 0 Å². The average Bonchev–Trinajstić information content (AvgIpc) is 2.88. The lowest BCUT2D eigenvalue weighted by molar-refractivity contribution is -0.157. The molecule has 0 aromatic carbocycles. The molecule has 3 N–H and O–H groups in total. The predicted molar refractivity (Wildman–Crippen MR) is 75.2 cm³/mol. The highest BCUT2D eigenvalue weighted by molar-refractivity contribution is 8.03. The van der Waals surface area contributed by atoms with Crippen molar-refractivity contribution in [1.29, 1.82) is 0 Å². The van der Waals surface area contributed by atoms with Crippen LogP contribution in [0.5, 0.6) is 0 Å². The fourth-order valence-corrected chi connectivity index (χ4v) is 4.35. The minimum absolute atomic E-state index is 0.288. The van der Waals surface area contributed by atoms with Crippen LogP contribution in [0, 0.1) is 0 Å². The summed E-state index contributed by atoms with van der Waals surface area (Å²) in [5.41, 5.74) is 6.32. The van der Waals surface area contributed by atoms with Gasteiger partial charge in [0.15, 0.2) is 6.04 Å². The summed E-state index contributed by atoms with van der Waals surface area (Å²) in [4.78, 5) is 24.6. The Balaban J connectivity index is 1.77. The molecule has 9 nitrogen and oxygen atoms in total. The van der Waals surface area contributed by atoms with E-state index in [2.05, 4.69) is 15.5 Å². The number of fused-ring (bicyclic) bond motifs is 1. The van der Waals surface area contributed by atoms with E-state index >= 15 is 0 Å². The van der Waals surface area contributed by atoms with Crippen molar-refractivity contribution < 1.29 is 14.7 Å². The normalized spacial score (nSPS) is 27.9. The molecule has 0 spiro atoms. The van der Waals surface area contributed by atoms with Crippen LogP contribution in [-0.4, -0.2) is 65.3 Å². The number of aryl methyl sites for hydroxylation is 1. The quantitative estimate of drug-likeness (QED) is 0.522. The smallest absolute Gasteiger partial charge is 0.330 e. The van der Waals surface area contributed by atoms with Gasteiger partial charge in [-0.15, -0.1) is 16.9 Å². The number of carbonyl (C=O) groups excluding carboxylic acids is 1. The SMILES string of the molecule is Cn1nnnc1SCC1=CSC2C(N)C(=O)N2C1C(=O)O. The van der Waals surface area contributed by atoms with E-state index in [1.165, 1.54) is 33.1 Å². The lowest BCUT2D eigenvalue weighted by Gasteiger charge is -2.50. The molecule has 1 saturated heterocycles. The van der Waals surface area contributed by atoms with Crippen LogP contribution in [0.25, 0.3) is 0 Å². The number of nitrogens with two attached hydrogens (primary N) is 1. The maximum atomic E-state index is 11.8. The summed E-state index contributed by atoms with van der Waals surface area (Å²) in [6, 6.07) is -1.58. The van der Waals surface area contributed by atoms with Gasteiger partial charge in [0, 0.05) is 12.8 Å². The molecule has 1 fully saturated rings. The number of nitrogens with zero attached hydrogens (tertiary/aromatic N) is 5. The van der Waals surface area contributed by atoms with E-state index in [-0.39, 0.29) is 11.3 Å². The van der Waals surface area contributed by atoms with Crippen LogP contribution in [0.3, 0.4) is 0 Å². The van der Waals surface area contributed by atoms with Gasteiger partial charge in [0.2, 0.25) is 11.1 Å². The molecule has 3 unspecified atom stereocenters. The summed E-state index contributed by atoms with van der Waals surface area (Å²) >= 11 is 2.70. The lowest BCUT2D eigenvalue weighted by Crippen LogP contribution is -2.72. The standard InChI is InChI=1S/C10H12N6O3S2/c1-15-10(12-13-14-15)21-3-4-2-20-8-5(11)7(17)16(8)6(4)9(18)19/h2,5-6,8H,3,11H2,1H3,(H,18,19). The Hall–Kier alpha value is -1.59. The number of hydrogen-bond acceptors (Lipinski definition) is 8. The minimum atomic E-state index is -1.05. The number of tetrazole rings is 1. The first-order valence-corrected chi connectivity index (χ1v) is 7.93. The minimum Gasteiger partial charge on any atom is -0.479 e. The van der Waals surface area contributed by atoms with Crippen LogP contribution in [-0.2, 0) is 16.6 Å². The third-order valence-electron chi connectivity index (χ3n) is 3.29. The van der Waals surface area contributed by atoms with Crippen LogP contribution < -0.4 is 5.73 Å². The molecule has 11 heteroatoms. The maximum absolute atomic E-state index is 11.8. The summed E-state index contributed by atoms with van der Waals surface area (Å²) in [7, 11) is 1.70. The van der Waals surface area contributed by atoms with Gasteiger partial charge in [-0.05, 0) is 21.4 Å². The molecule has 2 aliphatic rings. The zero-order valence-corrected chi connectivity index (χ0v) is 12.5. The molecular weight excluding hydrogens is 316 g/mol. The molecule has 1 amide bonds. The fraction of sp³-hybridized carbons (Fsp3) is 0.500. The van der Waals surface area contributed by atoms with Crippen molar-refractivity contribution in [3.63, 3.8) is 0 Å². The van der Waals surface area contributed by atoms with E-state index in [0.29, 0.717) is 16.5 Å². The molecule has 112 valence electrons. The molecule has 21 heavy (non-hydrogen) atoms. The molecule has 3 heterocycles. The number of thioether (sulfide) groups is 2. The largest absolute Gasteiger partial charge is 0.479 e. The zero-order chi connectivity index (χ0) is 15.1. The first-order valence-electron chi connectivity index (χ1n) is 6.01. The van der Waals surface area contributed by atoms with E-state index in [1.54, 1.807) is 12.5 Å². The van der Waals surface area contributed by atoms with E-state index in [0.717, 1.165) is 0 Å². The number of carboxylic acid groups (broad SMARTS) is 1. The molecule has 3 atom stereocenters. The first-order chi connectivity index (χ1) is 10.0. The first kappa shape index (κ1) is 14.4. The Morgan fingerprint density at radius 2 is 2.38 bits per heavy atom. The van der Waals surface area contributed by atoms with Gasteiger partial charge in [-0.1, -0.05) is 11.8 Å². The van der Waals surface area contributed by atoms with E-state index in [1.807, 2.05) is 0 Å². The van der Waals surface area contributed by atoms with Crippen LogP contribution in [0.4, 0.5) is 0 Å². The van der Waals surface area contributed by atoms with Crippen LogP contribution in [0.15, 0.2) is 16.1 Å². The van der Waals surface area contributed by atoms with Gasteiger partial charge in [-0.2, -0.15) is 0 Å². The third kappa shape index (κ3) is 2.30. The Labute approximate surface area is 127 Å². The van der Waals surface area contributed by atoms with Crippen molar-refractivity contribution in [3.05, 3.63) is 11.0 Å². The third-order valence-corrected chi connectivity index (χ3v) is 5.61. The summed E-state index contributed by atoms with van der Waals surface area (Å²) in [6.07, 6.45) is 0. The molecule has 0 aliphatic carbocycles. The van der Waals surface area contributed by atoms with Crippen LogP contribution in [0.2, 0.25) is 0 Å². The van der Waals surface area contributed by atoms with Gasteiger partial charge in [0.05, 0.1) is 0 Å².